The zero-order valence-electron chi connectivity index (χ0n) is 11.3. The third-order valence-electron chi connectivity index (χ3n) is 2.25. The molecule has 0 saturated heterocycles. The van der Waals surface area contributed by atoms with E-state index in [1.54, 1.807) is 13.0 Å². The first kappa shape index (κ1) is 16.7. The van der Waals surface area contributed by atoms with E-state index in [-0.39, 0.29) is 17.5 Å². The van der Waals surface area contributed by atoms with Crippen molar-refractivity contribution in [3.63, 3.8) is 0 Å². The average Bonchev–Trinajstić information content (AvgIpc) is 2.81. The van der Waals surface area contributed by atoms with E-state index >= 15 is 0 Å². The Labute approximate surface area is 126 Å². The topological polar surface area (TPSA) is 75.6 Å². The van der Waals surface area contributed by atoms with Gasteiger partial charge in [-0.2, -0.15) is 0 Å². The average molecular weight is 315 g/mol. The minimum absolute atomic E-state index is 0.0172. The van der Waals surface area contributed by atoms with Crippen molar-refractivity contribution in [2.75, 3.05) is 17.2 Å². The molecule has 0 amide bonds. The molecular formula is C13H17NO4S2. The molecule has 2 N–H and O–H groups in total. The molecule has 0 radical (unpaired) electrons. The van der Waals surface area contributed by atoms with Crippen LogP contribution in [-0.4, -0.2) is 28.6 Å². The van der Waals surface area contributed by atoms with Gasteiger partial charge < -0.3 is 5.11 Å². The lowest BCUT2D eigenvalue weighted by Crippen LogP contribution is -2.05. The van der Waals surface area contributed by atoms with Crippen LogP contribution in [0.1, 0.15) is 29.1 Å². The highest BCUT2D eigenvalue weighted by Gasteiger charge is 2.13. The fourth-order valence-corrected chi connectivity index (χ4v) is 2.74. The summed E-state index contributed by atoms with van der Waals surface area (Å²) in [6, 6.07) is 1.85. The number of carbonyl (C=O) groups is 2. The third-order valence-corrected chi connectivity index (χ3v) is 4.16. The number of anilines is 1. The number of hydrogen-bond acceptors (Lipinski definition) is 6. The van der Waals surface area contributed by atoms with Crippen LogP contribution >= 0.6 is 23.1 Å². The standard InChI is InChI=1S/C13H17NO4S2/c1-3-5-11(15)10-6-9(4-2)20-13(10)14-18-8-19-7-12(16)17/h3,5-6,14H,4,7-8H2,1-2H3,(H,16,17)/b5-3+. The van der Waals surface area contributed by atoms with Gasteiger partial charge in [-0.25, -0.2) is 0 Å². The molecule has 1 aromatic rings. The second kappa shape index (κ2) is 8.78. The zero-order valence-corrected chi connectivity index (χ0v) is 13.0. The summed E-state index contributed by atoms with van der Waals surface area (Å²) in [7, 11) is 0. The van der Waals surface area contributed by atoms with Crippen LogP contribution in [-0.2, 0) is 16.1 Å². The first-order chi connectivity index (χ1) is 9.58. The Kier molecular flexibility index (Phi) is 7.35. The highest BCUT2D eigenvalue weighted by molar-refractivity contribution is 7.99. The number of carboxylic acids is 1. The number of allylic oxidation sites excluding steroid dienone is 2. The van der Waals surface area contributed by atoms with Gasteiger partial charge in [-0.1, -0.05) is 13.0 Å². The number of hydrogen-bond donors (Lipinski definition) is 2. The summed E-state index contributed by atoms with van der Waals surface area (Å²) >= 11 is 2.60. The molecule has 0 aromatic carbocycles. The van der Waals surface area contributed by atoms with E-state index in [4.69, 9.17) is 9.94 Å². The predicted octanol–water partition coefficient (Wildman–Crippen LogP) is 3.19. The predicted molar refractivity (Wildman–Crippen MR) is 82.5 cm³/mol. The number of ketones is 1. The number of thiophene rings is 1. The first-order valence-corrected chi connectivity index (χ1v) is 8.02. The largest absolute Gasteiger partial charge is 0.481 e. The number of carboxylic acid groups (broad SMARTS) is 1. The highest BCUT2D eigenvalue weighted by Crippen LogP contribution is 2.29. The molecule has 0 fully saturated rings. The summed E-state index contributed by atoms with van der Waals surface area (Å²) in [5.41, 5.74) is 3.31. The van der Waals surface area contributed by atoms with Gasteiger partial charge in [0, 0.05) is 4.88 Å². The van der Waals surface area contributed by atoms with E-state index < -0.39 is 5.97 Å². The molecule has 0 aliphatic heterocycles. The van der Waals surface area contributed by atoms with Crippen molar-refractivity contribution >= 4 is 39.9 Å². The van der Waals surface area contributed by atoms with Gasteiger partial charge in [0.1, 0.15) is 10.9 Å². The van der Waals surface area contributed by atoms with Gasteiger partial charge in [0.05, 0.1) is 11.3 Å². The van der Waals surface area contributed by atoms with Crippen LogP contribution in [0.2, 0.25) is 0 Å². The number of carbonyl (C=O) groups excluding carboxylic acids is 1. The summed E-state index contributed by atoms with van der Waals surface area (Å²) in [5, 5.41) is 9.15. The molecule has 0 aliphatic carbocycles. The van der Waals surface area contributed by atoms with Crippen molar-refractivity contribution in [2.24, 2.45) is 0 Å². The van der Waals surface area contributed by atoms with Crippen molar-refractivity contribution < 1.29 is 19.5 Å². The molecule has 1 rings (SSSR count). The molecule has 1 aromatic heterocycles. The summed E-state index contributed by atoms with van der Waals surface area (Å²) in [6.45, 7) is 3.81. The van der Waals surface area contributed by atoms with Crippen molar-refractivity contribution in [1.82, 2.24) is 0 Å². The Morgan fingerprint density at radius 2 is 2.30 bits per heavy atom. The lowest BCUT2D eigenvalue weighted by atomic mass is 10.2. The smallest absolute Gasteiger partial charge is 0.313 e. The van der Waals surface area contributed by atoms with Crippen LogP contribution in [0.15, 0.2) is 18.2 Å². The Bertz CT molecular complexity index is 497. The van der Waals surface area contributed by atoms with E-state index in [1.807, 2.05) is 13.0 Å². The number of thioether (sulfide) groups is 1. The highest BCUT2D eigenvalue weighted by atomic mass is 32.2. The second-order valence-electron chi connectivity index (χ2n) is 3.78. The number of aryl methyl sites for hydroxylation is 1. The summed E-state index contributed by atoms with van der Waals surface area (Å²) in [6.07, 6.45) is 4.04. The fraction of sp³-hybridized carbons (Fsp3) is 0.385. The van der Waals surface area contributed by atoms with Gasteiger partial charge in [0.2, 0.25) is 0 Å². The lowest BCUT2D eigenvalue weighted by molar-refractivity contribution is -0.133. The summed E-state index contributed by atoms with van der Waals surface area (Å²) in [4.78, 5) is 28.5. The first-order valence-electron chi connectivity index (χ1n) is 6.05. The van der Waals surface area contributed by atoms with Crippen LogP contribution in [0.25, 0.3) is 0 Å². The van der Waals surface area contributed by atoms with Crippen LogP contribution in [0, 0.1) is 0 Å². The molecule has 5 nitrogen and oxygen atoms in total. The molecule has 20 heavy (non-hydrogen) atoms. The van der Waals surface area contributed by atoms with Crippen LogP contribution < -0.4 is 5.48 Å². The molecule has 1 heterocycles. The Hall–Kier alpha value is -1.31. The Morgan fingerprint density at radius 3 is 2.90 bits per heavy atom. The van der Waals surface area contributed by atoms with E-state index in [0.29, 0.717) is 10.6 Å². The summed E-state index contributed by atoms with van der Waals surface area (Å²) < 4.78 is 0. The molecule has 0 spiro atoms. The molecule has 7 heteroatoms. The monoisotopic (exact) mass is 315 g/mol. The third kappa shape index (κ3) is 5.36. The molecule has 0 atom stereocenters. The molecule has 0 bridgehead atoms. The van der Waals surface area contributed by atoms with Crippen LogP contribution in [0.5, 0.6) is 0 Å². The van der Waals surface area contributed by atoms with E-state index in [0.717, 1.165) is 23.1 Å². The molecule has 0 aliphatic rings. The minimum atomic E-state index is -0.882. The number of rotatable bonds is 9. The van der Waals surface area contributed by atoms with Gasteiger partial charge in [0.15, 0.2) is 5.78 Å². The van der Waals surface area contributed by atoms with Crippen molar-refractivity contribution in [3.8, 4) is 0 Å². The summed E-state index contributed by atoms with van der Waals surface area (Å²) in [5.74, 6) is -0.778. The molecule has 0 saturated carbocycles. The van der Waals surface area contributed by atoms with Crippen molar-refractivity contribution in [1.29, 1.82) is 0 Å². The van der Waals surface area contributed by atoms with Crippen molar-refractivity contribution in [3.05, 3.63) is 28.7 Å². The molecule has 110 valence electrons. The normalized spacial score (nSPS) is 10.9. The molecular weight excluding hydrogens is 298 g/mol. The van der Waals surface area contributed by atoms with Gasteiger partial charge in [-0.15, -0.1) is 23.1 Å². The minimum Gasteiger partial charge on any atom is -0.481 e. The maximum Gasteiger partial charge on any atom is 0.313 e. The van der Waals surface area contributed by atoms with Crippen LogP contribution in [0.4, 0.5) is 5.00 Å². The van der Waals surface area contributed by atoms with Gasteiger partial charge in [-0.05, 0) is 25.5 Å². The van der Waals surface area contributed by atoms with Gasteiger partial charge in [-0.3, -0.25) is 19.9 Å². The van der Waals surface area contributed by atoms with Crippen LogP contribution in [0.3, 0.4) is 0 Å². The van der Waals surface area contributed by atoms with E-state index in [2.05, 4.69) is 5.48 Å². The quantitative estimate of drug-likeness (QED) is 0.240. The molecule has 0 unspecified atom stereocenters. The van der Waals surface area contributed by atoms with E-state index in [1.165, 1.54) is 17.4 Å². The SMILES string of the molecule is C/C=C/C(=O)c1cc(CC)sc1NOCSCC(=O)O. The van der Waals surface area contributed by atoms with Gasteiger partial charge in [0.25, 0.3) is 0 Å². The Balaban J connectivity index is 2.61. The second-order valence-corrected chi connectivity index (χ2v) is 5.85. The number of aliphatic carboxylic acids is 1. The van der Waals surface area contributed by atoms with Crippen molar-refractivity contribution in [2.45, 2.75) is 20.3 Å². The number of nitrogens with one attached hydrogen (secondary N) is 1. The van der Waals surface area contributed by atoms with E-state index in [9.17, 15) is 9.59 Å². The van der Waals surface area contributed by atoms with Gasteiger partial charge >= 0.3 is 5.97 Å². The zero-order chi connectivity index (χ0) is 15.0. The fourth-order valence-electron chi connectivity index (χ4n) is 1.38. The Morgan fingerprint density at radius 1 is 1.55 bits per heavy atom. The lowest BCUT2D eigenvalue weighted by Gasteiger charge is -2.05. The maximum absolute atomic E-state index is 11.9. The maximum atomic E-state index is 11.9.